The molecule has 0 saturated carbocycles. The predicted molar refractivity (Wildman–Crippen MR) is 66.0 cm³/mol. The molecule has 0 aliphatic rings. The molecule has 0 radical (unpaired) electrons. The van der Waals surface area contributed by atoms with Gasteiger partial charge < -0.3 is 0 Å². The molecule has 0 atom stereocenters. The highest BCUT2D eigenvalue weighted by Gasteiger charge is 2.18. The van der Waals surface area contributed by atoms with Crippen LogP contribution in [0.3, 0.4) is 0 Å². The van der Waals surface area contributed by atoms with Crippen LogP contribution in [0.15, 0.2) is 22.8 Å². The SMILES string of the molecule is Cc1nn(C)c(Br)c1-c1c(F)cccc1Cl. The second-order valence-electron chi connectivity index (χ2n) is 3.47. The van der Waals surface area contributed by atoms with Crippen molar-refractivity contribution in [1.29, 1.82) is 0 Å². The molecule has 2 nitrogen and oxygen atoms in total. The van der Waals surface area contributed by atoms with E-state index in [1.54, 1.807) is 23.9 Å². The first kappa shape index (κ1) is 11.6. The minimum Gasteiger partial charge on any atom is -0.261 e. The van der Waals surface area contributed by atoms with Gasteiger partial charge in [0.25, 0.3) is 0 Å². The van der Waals surface area contributed by atoms with E-state index in [-0.39, 0.29) is 5.82 Å². The van der Waals surface area contributed by atoms with Gasteiger partial charge in [-0.05, 0) is 35.0 Å². The number of benzene rings is 1. The lowest BCUT2D eigenvalue weighted by molar-refractivity contribution is 0.631. The van der Waals surface area contributed by atoms with Gasteiger partial charge in [0.05, 0.1) is 10.7 Å². The monoisotopic (exact) mass is 302 g/mol. The maximum Gasteiger partial charge on any atom is 0.132 e. The Morgan fingerprint density at radius 1 is 1.38 bits per heavy atom. The fraction of sp³-hybridized carbons (Fsp3) is 0.182. The Labute approximate surface area is 106 Å². The number of nitrogens with zero attached hydrogens (tertiary/aromatic N) is 2. The molecule has 16 heavy (non-hydrogen) atoms. The van der Waals surface area contributed by atoms with Gasteiger partial charge in [0.15, 0.2) is 0 Å². The van der Waals surface area contributed by atoms with Crippen molar-refractivity contribution in [1.82, 2.24) is 9.78 Å². The quantitative estimate of drug-likeness (QED) is 0.780. The van der Waals surface area contributed by atoms with E-state index in [0.717, 1.165) is 10.3 Å². The molecule has 0 aliphatic heterocycles. The summed E-state index contributed by atoms with van der Waals surface area (Å²) in [4.78, 5) is 0. The van der Waals surface area contributed by atoms with Crippen LogP contribution < -0.4 is 0 Å². The maximum atomic E-state index is 13.8. The zero-order valence-corrected chi connectivity index (χ0v) is 11.1. The second kappa shape index (κ2) is 4.18. The third-order valence-corrected chi connectivity index (χ3v) is 3.59. The van der Waals surface area contributed by atoms with Crippen LogP contribution in [0.1, 0.15) is 5.69 Å². The van der Waals surface area contributed by atoms with E-state index in [1.807, 2.05) is 6.92 Å². The lowest BCUT2D eigenvalue weighted by atomic mass is 10.1. The summed E-state index contributed by atoms with van der Waals surface area (Å²) in [6.45, 7) is 1.82. The lowest BCUT2D eigenvalue weighted by Gasteiger charge is -2.05. The number of aromatic nitrogens is 2. The van der Waals surface area contributed by atoms with Crippen molar-refractivity contribution in [3.8, 4) is 11.1 Å². The van der Waals surface area contributed by atoms with Crippen molar-refractivity contribution < 1.29 is 4.39 Å². The van der Waals surface area contributed by atoms with Crippen molar-refractivity contribution in [2.75, 3.05) is 0 Å². The van der Waals surface area contributed by atoms with Crippen LogP contribution in [-0.4, -0.2) is 9.78 Å². The van der Waals surface area contributed by atoms with E-state index in [9.17, 15) is 4.39 Å². The third-order valence-electron chi connectivity index (χ3n) is 2.36. The summed E-state index contributed by atoms with van der Waals surface area (Å²) in [6.07, 6.45) is 0. The standard InChI is InChI=1S/C11H9BrClFN2/c1-6-9(11(12)16(2)15-6)10-7(13)4-3-5-8(10)14/h3-5H,1-2H3. The van der Waals surface area contributed by atoms with Crippen LogP contribution in [0.4, 0.5) is 4.39 Å². The summed E-state index contributed by atoms with van der Waals surface area (Å²) in [5.74, 6) is -0.343. The Hall–Kier alpha value is -0.870. The van der Waals surface area contributed by atoms with Crippen molar-refractivity contribution in [2.45, 2.75) is 6.92 Å². The van der Waals surface area contributed by atoms with E-state index < -0.39 is 0 Å². The van der Waals surface area contributed by atoms with Gasteiger partial charge in [-0.15, -0.1) is 0 Å². The molecule has 0 amide bonds. The molecule has 0 spiro atoms. The van der Waals surface area contributed by atoms with Crippen molar-refractivity contribution in [2.24, 2.45) is 7.05 Å². The van der Waals surface area contributed by atoms with Crippen LogP contribution in [0.5, 0.6) is 0 Å². The van der Waals surface area contributed by atoms with Gasteiger partial charge in [-0.2, -0.15) is 5.10 Å². The van der Waals surface area contributed by atoms with Crippen molar-refractivity contribution in [3.63, 3.8) is 0 Å². The Balaban J connectivity index is 2.77. The summed E-state index contributed by atoms with van der Waals surface area (Å²) in [7, 11) is 1.79. The summed E-state index contributed by atoms with van der Waals surface area (Å²) >= 11 is 9.40. The first-order valence-electron chi connectivity index (χ1n) is 4.66. The zero-order chi connectivity index (χ0) is 11.9. The summed E-state index contributed by atoms with van der Waals surface area (Å²) in [6, 6.07) is 4.64. The smallest absolute Gasteiger partial charge is 0.132 e. The van der Waals surface area contributed by atoms with Crippen molar-refractivity contribution >= 4 is 27.5 Å². The van der Waals surface area contributed by atoms with E-state index in [4.69, 9.17) is 11.6 Å². The fourth-order valence-electron chi connectivity index (χ4n) is 1.65. The molecule has 2 rings (SSSR count). The molecule has 1 aromatic heterocycles. The molecule has 0 bridgehead atoms. The van der Waals surface area contributed by atoms with Crippen molar-refractivity contribution in [3.05, 3.63) is 39.3 Å². The molecule has 1 heterocycles. The van der Waals surface area contributed by atoms with Crippen LogP contribution >= 0.6 is 27.5 Å². The van der Waals surface area contributed by atoms with E-state index >= 15 is 0 Å². The van der Waals surface area contributed by atoms with Gasteiger partial charge in [-0.25, -0.2) is 4.39 Å². The third kappa shape index (κ3) is 1.76. The first-order valence-corrected chi connectivity index (χ1v) is 5.83. The zero-order valence-electron chi connectivity index (χ0n) is 8.76. The molecule has 0 unspecified atom stereocenters. The largest absolute Gasteiger partial charge is 0.261 e. The van der Waals surface area contributed by atoms with Gasteiger partial charge >= 0.3 is 0 Å². The lowest BCUT2D eigenvalue weighted by Crippen LogP contribution is -1.90. The molecule has 0 N–H and O–H groups in total. The predicted octanol–water partition coefficient (Wildman–Crippen LogP) is 3.95. The number of aryl methyl sites for hydroxylation is 2. The molecule has 5 heteroatoms. The molecule has 0 saturated heterocycles. The highest BCUT2D eigenvalue weighted by molar-refractivity contribution is 9.10. The molecule has 0 aliphatic carbocycles. The summed E-state index contributed by atoms with van der Waals surface area (Å²) in [5.41, 5.74) is 1.83. The van der Waals surface area contributed by atoms with Gasteiger partial charge in [-0.3, -0.25) is 4.68 Å². The molecule has 1 aromatic carbocycles. The Bertz CT molecular complexity index is 531. The normalized spacial score (nSPS) is 10.8. The Morgan fingerprint density at radius 3 is 2.56 bits per heavy atom. The highest BCUT2D eigenvalue weighted by atomic mass is 79.9. The van der Waals surface area contributed by atoms with Gasteiger partial charge in [0.2, 0.25) is 0 Å². The Kier molecular flexibility index (Phi) is 3.04. The Morgan fingerprint density at radius 2 is 2.06 bits per heavy atom. The first-order chi connectivity index (χ1) is 7.52. The molecular weight excluding hydrogens is 294 g/mol. The van der Waals surface area contributed by atoms with Gasteiger partial charge in [0.1, 0.15) is 10.4 Å². The second-order valence-corrected chi connectivity index (χ2v) is 4.63. The molecular formula is C11H9BrClFN2. The number of hydrogen-bond donors (Lipinski definition) is 0. The number of hydrogen-bond acceptors (Lipinski definition) is 1. The van der Waals surface area contributed by atoms with E-state index in [0.29, 0.717) is 16.1 Å². The van der Waals surface area contributed by atoms with Crippen LogP contribution in [0, 0.1) is 12.7 Å². The number of rotatable bonds is 1. The molecule has 84 valence electrons. The maximum absolute atomic E-state index is 13.8. The molecule has 2 aromatic rings. The minimum absolute atomic E-state index is 0.343. The highest BCUT2D eigenvalue weighted by Crippen LogP contribution is 2.37. The average molecular weight is 304 g/mol. The molecule has 0 fully saturated rings. The van der Waals surface area contributed by atoms with Crippen LogP contribution in [-0.2, 0) is 7.05 Å². The van der Waals surface area contributed by atoms with Crippen LogP contribution in [0.25, 0.3) is 11.1 Å². The van der Waals surface area contributed by atoms with Gasteiger partial charge in [0, 0.05) is 18.2 Å². The van der Waals surface area contributed by atoms with Crippen LogP contribution in [0.2, 0.25) is 5.02 Å². The van der Waals surface area contributed by atoms with E-state index in [2.05, 4.69) is 21.0 Å². The number of halogens is 3. The summed E-state index contributed by atoms with van der Waals surface area (Å²) < 4.78 is 16.1. The average Bonchev–Trinajstić information content (AvgIpc) is 2.44. The summed E-state index contributed by atoms with van der Waals surface area (Å²) in [5, 5.41) is 4.60. The van der Waals surface area contributed by atoms with E-state index in [1.165, 1.54) is 6.07 Å². The minimum atomic E-state index is -0.343. The van der Waals surface area contributed by atoms with Gasteiger partial charge in [-0.1, -0.05) is 17.7 Å². The topological polar surface area (TPSA) is 17.8 Å². The fourth-order valence-corrected chi connectivity index (χ4v) is 2.47.